The SMILES string of the molecule is COc1cccc(-c2ncc(-c3ccccc3N(C)C)o2)c1OC. The topological polar surface area (TPSA) is 47.7 Å². The molecular formula is C19H20N2O3. The summed E-state index contributed by atoms with van der Waals surface area (Å²) in [5.74, 6) is 2.45. The highest BCUT2D eigenvalue weighted by molar-refractivity contribution is 5.76. The Morgan fingerprint density at radius 1 is 0.917 bits per heavy atom. The summed E-state index contributed by atoms with van der Waals surface area (Å²) in [5, 5.41) is 0. The van der Waals surface area contributed by atoms with E-state index >= 15 is 0 Å². The number of anilines is 1. The molecule has 0 bridgehead atoms. The Hall–Kier alpha value is -2.95. The first-order valence-corrected chi connectivity index (χ1v) is 7.59. The number of rotatable bonds is 5. The van der Waals surface area contributed by atoms with Crippen LogP contribution in [-0.4, -0.2) is 33.3 Å². The van der Waals surface area contributed by atoms with Crippen molar-refractivity contribution in [3.8, 4) is 34.3 Å². The minimum Gasteiger partial charge on any atom is -0.493 e. The lowest BCUT2D eigenvalue weighted by molar-refractivity contribution is 0.355. The van der Waals surface area contributed by atoms with Crippen molar-refractivity contribution in [1.29, 1.82) is 0 Å². The van der Waals surface area contributed by atoms with Crippen LogP contribution in [0.1, 0.15) is 0 Å². The van der Waals surface area contributed by atoms with Crippen LogP contribution < -0.4 is 14.4 Å². The van der Waals surface area contributed by atoms with Gasteiger partial charge in [0.05, 0.1) is 26.0 Å². The van der Waals surface area contributed by atoms with E-state index in [1.807, 2.05) is 61.5 Å². The fourth-order valence-corrected chi connectivity index (χ4v) is 2.65. The molecule has 0 saturated carbocycles. The van der Waals surface area contributed by atoms with Gasteiger partial charge in [-0.1, -0.05) is 18.2 Å². The van der Waals surface area contributed by atoms with Gasteiger partial charge in [0.2, 0.25) is 5.89 Å². The average molecular weight is 324 g/mol. The van der Waals surface area contributed by atoms with E-state index in [9.17, 15) is 0 Å². The number of aromatic nitrogens is 1. The van der Waals surface area contributed by atoms with Crippen molar-refractivity contribution in [3.05, 3.63) is 48.7 Å². The summed E-state index contributed by atoms with van der Waals surface area (Å²) in [6, 6.07) is 13.7. The molecule has 0 spiro atoms. The normalized spacial score (nSPS) is 10.5. The van der Waals surface area contributed by atoms with Gasteiger partial charge in [0.25, 0.3) is 0 Å². The smallest absolute Gasteiger partial charge is 0.230 e. The van der Waals surface area contributed by atoms with Gasteiger partial charge < -0.3 is 18.8 Å². The third-order valence-electron chi connectivity index (χ3n) is 3.79. The largest absolute Gasteiger partial charge is 0.493 e. The van der Waals surface area contributed by atoms with Gasteiger partial charge in [-0.15, -0.1) is 0 Å². The summed E-state index contributed by atoms with van der Waals surface area (Å²) < 4.78 is 16.8. The van der Waals surface area contributed by atoms with E-state index in [4.69, 9.17) is 13.9 Å². The molecule has 5 nitrogen and oxygen atoms in total. The van der Waals surface area contributed by atoms with E-state index in [1.54, 1.807) is 20.4 Å². The summed E-state index contributed by atoms with van der Waals surface area (Å²) in [6.07, 6.45) is 1.73. The zero-order chi connectivity index (χ0) is 17.1. The second kappa shape index (κ2) is 6.66. The number of ether oxygens (including phenoxy) is 2. The van der Waals surface area contributed by atoms with Crippen LogP contribution in [-0.2, 0) is 0 Å². The van der Waals surface area contributed by atoms with Gasteiger partial charge in [0.1, 0.15) is 0 Å². The predicted octanol–water partition coefficient (Wildman–Crippen LogP) is 4.09. The number of nitrogens with zero attached hydrogens (tertiary/aromatic N) is 2. The molecule has 0 N–H and O–H groups in total. The molecule has 0 atom stereocenters. The molecule has 3 rings (SSSR count). The van der Waals surface area contributed by atoms with Crippen molar-refractivity contribution in [2.75, 3.05) is 33.2 Å². The van der Waals surface area contributed by atoms with Crippen molar-refractivity contribution in [2.45, 2.75) is 0 Å². The fourth-order valence-electron chi connectivity index (χ4n) is 2.65. The second-order valence-electron chi connectivity index (χ2n) is 5.48. The van der Waals surface area contributed by atoms with Crippen LogP contribution in [0.3, 0.4) is 0 Å². The van der Waals surface area contributed by atoms with E-state index in [0.717, 1.165) is 16.8 Å². The first kappa shape index (κ1) is 15.9. The molecule has 0 aliphatic carbocycles. The third-order valence-corrected chi connectivity index (χ3v) is 3.79. The molecule has 124 valence electrons. The van der Waals surface area contributed by atoms with Crippen LogP contribution in [0.2, 0.25) is 0 Å². The van der Waals surface area contributed by atoms with Gasteiger partial charge in [-0.3, -0.25) is 0 Å². The highest BCUT2D eigenvalue weighted by Gasteiger charge is 2.17. The molecule has 2 aromatic carbocycles. The average Bonchev–Trinajstić information content (AvgIpc) is 3.10. The van der Waals surface area contributed by atoms with Crippen molar-refractivity contribution >= 4 is 5.69 Å². The third kappa shape index (κ3) is 2.80. The first-order valence-electron chi connectivity index (χ1n) is 7.59. The Balaban J connectivity index is 2.07. The van der Waals surface area contributed by atoms with Gasteiger partial charge in [0.15, 0.2) is 17.3 Å². The number of hydrogen-bond acceptors (Lipinski definition) is 5. The van der Waals surface area contributed by atoms with Gasteiger partial charge in [-0.05, 0) is 24.3 Å². The number of oxazole rings is 1. The molecule has 0 aliphatic heterocycles. The standard InChI is InChI=1S/C19H20N2O3/c1-21(2)15-10-6-5-8-13(15)17-12-20-19(24-17)14-9-7-11-16(22-3)18(14)23-4/h5-12H,1-4H3. The highest BCUT2D eigenvalue weighted by atomic mass is 16.5. The zero-order valence-corrected chi connectivity index (χ0v) is 14.2. The van der Waals surface area contributed by atoms with E-state index in [2.05, 4.69) is 4.98 Å². The molecular weight excluding hydrogens is 304 g/mol. The lowest BCUT2D eigenvalue weighted by Crippen LogP contribution is -2.09. The molecule has 0 fully saturated rings. The monoisotopic (exact) mass is 324 g/mol. The summed E-state index contributed by atoms with van der Waals surface area (Å²) in [6.45, 7) is 0. The Kier molecular flexibility index (Phi) is 4.42. The number of methoxy groups -OCH3 is 2. The van der Waals surface area contributed by atoms with E-state index < -0.39 is 0 Å². The lowest BCUT2D eigenvalue weighted by atomic mass is 10.1. The van der Waals surface area contributed by atoms with Crippen LogP contribution in [0, 0.1) is 0 Å². The van der Waals surface area contributed by atoms with Crippen molar-refractivity contribution in [2.24, 2.45) is 0 Å². The molecule has 24 heavy (non-hydrogen) atoms. The molecule has 0 saturated heterocycles. The maximum absolute atomic E-state index is 6.02. The van der Waals surface area contributed by atoms with Crippen LogP contribution >= 0.6 is 0 Å². The molecule has 0 amide bonds. The molecule has 3 aromatic rings. The van der Waals surface area contributed by atoms with E-state index in [-0.39, 0.29) is 0 Å². The first-order chi connectivity index (χ1) is 11.7. The second-order valence-corrected chi connectivity index (χ2v) is 5.48. The maximum Gasteiger partial charge on any atom is 0.230 e. The Morgan fingerprint density at radius 3 is 2.38 bits per heavy atom. The molecule has 0 radical (unpaired) electrons. The van der Waals surface area contributed by atoms with Crippen molar-refractivity contribution < 1.29 is 13.9 Å². The molecule has 0 unspecified atom stereocenters. The number of benzene rings is 2. The van der Waals surface area contributed by atoms with Crippen molar-refractivity contribution in [3.63, 3.8) is 0 Å². The van der Waals surface area contributed by atoms with Crippen LogP contribution in [0.5, 0.6) is 11.5 Å². The summed E-state index contributed by atoms with van der Waals surface area (Å²) in [4.78, 5) is 6.47. The van der Waals surface area contributed by atoms with Gasteiger partial charge in [-0.25, -0.2) is 4.98 Å². The molecule has 5 heteroatoms. The predicted molar refractivity (Wildman–Crippen MR) is 94.8 cm³/mol. The highest BCUT2D eigenvalue weighted by Crippen LogP contribution is 2.39. The van der Waals surface area contributed by atoms with E-state index in [1.165, 1.54) is 0 Å². The van der Waals surface area contributed by atoms with Crippen LogP contribution in [0.25, 0.3) is 22.8 Å². The fraction of sp³-hybridized carbons (Fsp3) is 0.211. The van der Waals surface area contributed by atoms with Gasteiger partial charge >= 0.3 is 0 Å². The van der Waals surface area contributed by atoms with Gasteiger partial charge in [-0.2, -0.15) is 0 Å². The summed E-state index contributed by atoms with van der Waals surface area (Å²) >= 11 is 0. The minimum absolute atomic E-state index is 0.495. The molecule has 1 heterocycles. The number of hydrogen-bond donors (Lipinski definition) is 0. The molecule has 0 aliphatic rings. The maximum atomic E-state index is 6.02. The summed E-state index contributed by atoms with van der Waals surface area (Å²) in [5.41, 5.74) is 2.81. The van der Waals surface area contributed by atoms with Gasteiger partial charge in [0, 0.05) is 25.3 Å². The quantitative estimate of drug-likeness (QED) is 0.707. The Labute approximate surface area is 141 Å². The Morgan fingerprint density at radius 2 is 1.67 bits per heavy atom. The van der Waals surface area contributed by atoms with Crippen LogP contribution in [0.4, 0.5) is 5.69 Å². The summed E-state index contributed by atoms with van der Waals surface area (Å²) in [7, 11) is 7.21. The Bertz CT molecular complexity index is 840. The van der Waals surface area contributed by atoms with Crippen LogP contribution in [0.15, 0.2) is 53.1 Å². The number of para-hydroxylation sites is 2. The zero-order valence-electron chi connectivity index (χ0n) is 14.2. The van der Waals surface area contributed by atoms with E-state index in [0.29, 0.717) is 23.1 Å². The molecule has 1 aromatic heterocycles. The van der Waals surface area contributed by atoms with Crippen molar-refractivity contribution in [1.82, 2.24) is 4.98 Å². The lowest BCUT2D eigenvalue weighted by Gasteiger charge is -2.15. The minimum atomic E-state index is 0.495.